The lowest BCUT2D eigenvalue weighted by molar-refractivity contribution is -0.141. The molecule has 0 saturated heterocycles. The Morgan fingerprint density at radius 2 is 2.00 bits per heavy atom. The lowest BCUT2D eigenvalue weighted by atomic mass is 9.84. The Hall–Kier alpha value is -0.610. The van der Waals surface area contributed by atoms with Gasteiger partial charge >= 0.3 is 5.97 Å². The fraction of sp³-hybridized carbons (Fsp3) is 0.875. The molecular formula is C8H16N2O2. The zero-order chi connectivity index (χ0) is 8.97. The first-order chi connectivity index (χ1) is 5.75. The topological polar surface area (TPSA) is 75.3 Å². The Labute approximate surface area is 72.1 Å². The van der Waals surface area contributed by atoms with Crippen LogP contribution in [-0.2, 0) is 4.79 Å². The summed E-state index contributed by atoms with van der Waals surface area (Å²) in [6, 6.07) is -0.551. The Morgan fingerprint density at radius 3 is 2.42 bits per heavy atom. The monoisotopic (exact) mass is 172 g/mol. The lowest BCUT2D eigenvalue weighted by Gasteiger charge is -2.26. The van der Waals surface area contributed by atoms with Crippen LogP contribution in [0.2, 0.25) is 0 Å². The smallest absolute Gasteiger partial charge is 0.322 e. The fourth-order valence-corrected chi connectivity index (χ4v) is 1.88. The zero-order valence-corrected chi connectivity index (χ0v) is 7.12. The molecule has 0 bridgehead atoms. The van der Waals surface area contributed by atoms with Crippen molar-refractivity contribution < 1.29 is 9.90 Å². The van der Waals surface area contributed by atoms with E-state index in [9.17, 15) is 4.79 Å². The maximum atomic E-state index is 10.7. The van der Waals surface area contributed by atoms with E-state index in [-0.39, 0.29) is 5.92 Å². The van der Waals surface area contributed by atoms with Gasteiger partial charge in [-0.25, -0.2) is 5.43 Å². The van der Waals surface area contributed by atoms with Crippen LogP contribution in [0.25, 0.3) is 0 Å². The normalized spacial score (nSPS) is 22.1. The Kier molecular flexibility index (Phi) is 3.49. The van der Waals surface area contributed by atoms with Crippen LogP contribution in [0.3, 0.4) is 0 Å². The van der Waals surface area contributed by atoms with E-state index < -0.39 is 12.0 Å². The summed E-state index contributed by atoms with van der Waals surface area (Å²) in [7, 11) is 0. The van der Waals surface area contributed by atoms with Crippen LogP contribution >= 0.6 is 0 Å². The van der Waals surface area contributed by atoms with Gasteiger partial charge < -0.3 is 5.11 Å². The molecule has 1 rings (SSSR count). The summed E-state index contributed by atoms with van der Waals surface area (Å²) in [6.07, 6.45) is 5.47. The van der Waals surface area contributed by atoms with E-state index in [0.717, 1.165) is 25.7 Å². The van der Waals surface area contributed by atoms with Gasteiger partial charge in [-0.05, 0) is 18.8 Å². The number of nitrogens with two attached hydrogens (primary N) is 1. The predicted octanol–water partition coefficient (Wildman–Crippen LogP) is 0.483. The Morgan fingerprint density at radius 1 is 1.42 bits per heavy atom. The highest BCUT2D eigenvalue weighted by Gasteiger charge is 2.27. The van der Waals surface area contributed by atoms with Crippen LogP contribution < -0.4 is 11.3 Å². The molecule has 4 N–H and O–H groups in total. The molecule has 1 saturated carbocycles. The first-order valence-electron chi connectivity index (χ1n) is 4.44. The first kappa shape index (κ1) is 9.48. The molecule has 0 aromatic heterocycles. The third kappa shape index (κ3) is 2.19. The highest BCUT2D eigenvalue weighted by Crippen LogP contribution is 2.26. The maximum absolute atomic E-state index is 10.7. The molecule has 4 nitrogen and oxygen atoms in total. The number of aliphatic carboxylic acids is 1. The molecule has 4 heteroatoms. The molecule has 1 unspecified atom stereocenters. The van der Waals surface area contributed by atoms with Crippen molar-refractivity contribution in [3.8, 4) is 0 Å². The molecule has 0 heterocycles. The zero-order valence-electron chi connectivity index (χ0n) is 7.12. The van der Waals surface area contributed by atoms with Gasteiger partial charge in [-0.3, -0.25) is 10.6 Å². The molecule has 0 radical (unpaired) electrons. The largest absolute Gasteiger partial charge is 0.480 e. The van der Waals surface area contributed by atoms with Gasteiger partial charge in [-0.1, -0.05) is 19.3 Å². The van der Waals surface area contributed by atoms with Crippen molar-refractivity contribution in [2.45, 2.75) is 38.1 Å². The van der Waals surface area contributed by atoms with Crippen LogP contribution in [0.5, 0.6) is 0 Å². The van der Waals surface area contributed by atoms with E-state index in [2.05, 4.69) is 5.43 Å². The molecule has 1 fully saturated rings. The summed E-state index contributed by atoms with van der Waals surface area (Å²) in [5.41, 5.74) is 2.37. The highest BCUT2D eigenvalue weighted by molar-refractivity contribution is 5.73. The summed E-state index contributed by atoms with van der Waals surface area (Å²) in [4.78, 5) is 10.7. The summed E-state index contributed by atoms with van der Waals surface area (Å²) in [5.74, 6) is 4.57. The fourth-order valence-electron chi connectivity index (χ4n) is 1.88. The van der Waals surface area contributed by atoms with Crippen LogP contribution in [-0.4, -0.2) is 17.1 Å². The number of carbonyl (C=O) groups is 1. The number of hydrogen-bond donors (Lipinski definition) is 3. The second-order valence-electron chi connectivity index (χ2n) is 3.38. The quantitative estimate of drug-likeness (QED) is 0.427. The lowest BCUT2D eigenvalue weighted by Crippen LogP contribution is -2.47. The number of nitrogens with one attached hydrogen (secondary N) is 1. The van der Waals surface area contributed by atoms with Crippen LogP contribution in [0.4, 0.5) is 0 Å². The van der Waals surface area contributed by atoms with Gasteiger partial charge in [0, 0.05) is 0 Å². The summed E-state index contributed by atoms with van der Waals surface area (Å²) in [6.45, 7) is 0. The first-order valence-corrected chi connectivity index (χ1v) is 4.44. The van der Waals surface area contributed by atoms with E-state index in [1.165, 1.54) is 6.42 Å². The molecule has 1 aliphatic carbocycles. The van der Waals surface area contributed by atoms with Crippen molar-refractivity contribution in [2.75, 3.05) is 0 Å². The predicted molar refractivity (Wildman–Crippen MR) is 45.3 cm³/mol. The second kappa shape index (κ2) is 4.42. The van der Waals surface area contributed by atoms with E-state index in [1.807, 2.05) is 0 Å². The highest BCUT2D eigenvalue weighted by atomic mass is 16.4. The molecule has 0 amide bonds. The van der Waals surface area contributed by atoms with Crippen LogP contribution in [0.1, 0.15) is 32.1 Å². The number of carboxylic acids is 1. The van der Waals surface area contributed by atoms with Gasteiger partial charge in [0.2, 0.25) is 0 Å². The van der Waals surface area contributed by atoms with Crippen molar-refractivity contribution >= 4 is 5.97 Å². The second-order valence-corrected chi connectivity index (χ2v) is 3.38. The van der Waals surface area contributed by atoms with E-state index in [0.29, 0.717) is 0 Å². The summed E-state index contributed by atoms with van der Waals surface area (Å²) >= 11 is 0. The average Bonchev–Trinajstić information content (AvgIpc) is 2.07. The summed E-state index contributed by atoms with van der Waals surface area (Å²) in [5, 5.41) is 8.78. The van der Waals surface area contributed by atoms with Crippen molar-refractivity contribution in [1.29, 1.82) is 0 Å². The molecule has 0 aromatic carbocycles. The molecule has 0 aliphatic heterocycles. The number of hydrazine groups is 1. The number of carboxylic acid groups (broad SMARTS) is 1. The molecule has 70 valence electrons. The van der Waals surface area contributed by atoms with Gasteiger partial charge in [0.1, 0.15) is 6.04 Å². The summed E-state index contributed by atoms with van der Waals surface area (Å²) < 4.78 is 0. The van der Waals surface area contributed by atoms with E-state index in [4.69, 9.17) is 10.9 Å². The number of hydrogen-bond acceptors (Lipinski definition) is 3. The molecule has 12 heavy (non-hydrogen) atoms. The Balaban J connectivity index is 2.46. The minimum absolute atomic E-state index is 0.223. The standard InChI is InChI=1S/C8H16N2O2/c9-10-7(8(11)12)6-4-2-1-3-5-6/h6-7,10H,1-5,9H2,(H,11,12). The Bertz CT molecular complexity index is 155. The van der Waals surface area contributed by atoms with E-state index in [1.54, 1.807) is 0 Å². The SMILES string of the molecule is NNC(C(=O)O)C1CCCCC1. The molecular weight excluding hydrogens is 156 g/mol. The van der Waals surface area contributed by atoms with Crippen molar-refractivity contribution in [1.82, 2.24) is 5.43 Å². The van der Waals surface area contributed by atoms with Gasteiger partial charge in [0.05, 0.1) is 0 Å². The molecule has 1 aliphatic rings. The minimum atomic E-state index is -0.829. The van der Waals surface area contributed by atoms with Crippen molar-refractivity contribution in [3.05, 3.63) is 0 Å². The van der Waals surface area contributed by atoms with Crippen molar-refractivity contribution in [2.24, 2.45) is 11.8 Å². The van der Waals surface area contributed by atoms with Gasteiger partial charge in [-0.15, -0.1) is 0 Å². The average molecular weight is 172 g/mol. The van der Waals surface area contributed by atoms with Crippen LogP contribution in [0, 0.1) is 5.92 Å². The number of rotatable bonds is 3. The van der Waals surface area contributed by atoms with Gasteiger partial charge in [0.15, 0.2) is 0 Å². The third-order valence-electron chi connectivity index (χ3n) is 2.57. The maximum Gasteiger partial charge on any atom is 0.322 e. The van der Waals surface area contributed by atoms with Gasteiger partial charge in [0.25, 0.3) is 0 Å². The molecule has 0 aromatic rings. The van der Waals surface area contributed by atoms with Crippen molar-refractivity contribution in [3.63, 3.8) is 0 Å². The molecule has 0 spiro atoms. The minimum Gasteiger partial charge on any atom is -0.480 e. The van der Waals surface area contributed by atoms with E-state index >= 15 is 0 Å². The molecule has 1 atom stereocenters. The van der Waals surface area contributed by atoms with Crippen LogP contribution in [0.15, 0.2) is 0 Å². The third-order valence-corrected chi connectivity index (χ3v) is 2.57. The van der Waals surface area contributed by atoms with Gasteiger partial charge in [-0.2, -0.15) is 0 Å².